The summed E-state index contributed by atoms with van der Waals surface area (Å²) >= 11 is 0. The number of carbonyl (C=O) groups is 4. The molecule has 0 amide bonds. The zero-order valence-electron chi connectivity index (χ0n) is 15.9. The fraction of sp³-hybridized carbons (Fsp3) is 0.111. The molecule has 0 saturated carbocycles. The van der Waals surface area contributed by atoms with Crippen molar-refractivity contribution in [1.82, 2.24) is 0 Å². The number of carboxylic acid groups (broad SMARTS) is 2. The second kappa shape index (κ2) is 12.3. The molecule has 0 aliphatic carbocycles. The van der Waals surface area contributed by atoms with Crippen LogP contribution in [0.2, 0.25) is 0 Å². The molecule has 2 unspecified atom stereocenters. The van der Waals surface area contributed by atoms with Gasteiger partial charge in [0.2, 0.25) is 0 Å². The minimum Gasteiger partial charge on any atom is -0.548 e. The van der Waals surface area contributed by atoms with Crippen molar-refractivity contribution in [2.45, 2.75) is 10.5 Å². The van der Waals surface area contributed by atoms with E-state index in [2.05, 4.69) is 0 Å². The molecule has 0 fully saturated rings. The summed E-state index contributed by atoms with van der Waals surface area (Å²) in [6.45, 7) is 0. The van der Waals surface area contributed by atoms with Gasteiger partial charge in [0.05, 0.1) is 11.9 Å². The Kier molecular flexibility index (Phi) is 11.2. The zero-order valence-corrected chi connectivity index (χ0v) is 18.5. The van der Waals surface area contributed by atoms with E-state index in [1.807, 2.05) is 0 Å². The van der Waals surface area contributed by atoms with E-state index in [1.165, 1.54) is 60.7 Å². The van der Waals surface area contributed by atoms with E-state index in [-0.39, 0.29) is 28.2 Å². The maximum Gasteiger partial charge on any atom is 2.00 e. The normalized spacial score (nSPS) is 12.7. The van der Waals surface area contributed by atoms with Gasteiger partial charge in [-0.3, -0.25) is 9.59 Å². The predicted molar refractivity (Wildman–Crippen MR) is 99.2 cm³/mol. The van der Waals surface area contributed by atoms with Crippen molar-refractivity contribution in [2.24, 2.45) is 0 Å². The SMILES string of the molecule is O=C([O-])C(C(=O)c1ccccc1)S(=O)(=O)F.O=C([O-])C(C(=O)c1ccccc1)S(=O)(=O)F.[Cu+2]. The molecule has 2 aromatic carbocycles. The number of rotatable bonds is 8. The Balaban J connectivity index is 0.000000602. The topological polar surface area (TPSA) is 183 Å². The van der Waals surface area contributed by atoms with Crippen molar-refractivity contribution < 1.29 is 71.1 Å². The van der Waals surface area contributed by atoms with Gasteiger partial charge in [0.1, 0.15) is 0 Å². The minimum absolute atomic E-state index is 0. The predicted octanol–water partition coefficient (Wildman–Crippen LogP) is -1.43. The standard InChI is InChI=1S/2C9H7FO5S.Cu/c2*10-16(14,15)8(9(12)13)7(11)6-4-2-1-3-5-6;/h2*1-5,8H,(H,12,13);/q;;+2/p-2. The first-order chi connectivity index (χ1) is 14.7. The molecular formula is C18H12CuF2O10S2. The van der Waals surface area contributed by atoms with Gasteiger partial charge in [-0.2, -0.15) is 16.8 Å². The third-order valence-corrected chi connectivity index (χ3v) is 5.52. The van der Waals surface area contributed by atoms with Crippen LogP contribution in [0.25, 0.3) is 0 Å². The largest absolute Gasteiger partial charge is 2.00 e. The van der Waals surface area contributed by atoms with Crippen LogP contribution in [0.5, 0.6) is 0 Å². The second-order valence-corrected chi connectivity index (χ2v) is 8.65. The van der Waals surface area contributed by atoms with E-state index in [9.17, 15) is 54.0 Å². The van der Waals surface area contributed by atoms with Crippen LogP contribution in [0.3, 0.4) is 0 Å². The number of carbonyl (C=O) groups excluding carboxylic acids is 4. The number of hydrogen-bond donors (Lipinski definition) is 0. The minimum atomic E-state index is -5.52. The van der Waals surface area contributed by atoms with Crippen LogP contribution in [0.1, 0.15) is 20.7 Å². The number of aliphatic carboxylic acids is 2. The van der Waals surface area contributed by atoms with Crippen molar-refractivity contribution in [3.05, 3.63) is 71.8 Å². The molecular weight excluding hydrogens is 542 g/mol. The molecule has 2 rings (SSSR count). The summed E-state index contributed by atoms with van der Waals surface area (Å²) in [4.78, 5) is 43.6. The number of carboxylic acids is 2. The molecule has 0 aromatic heterocycles. The molecule has 0 saturated heterocycles. The van der Waals surface area contributed by atoms with Crippen LogP contribution in [-0.2, 0) is 47.1 Å². The van der Waals surface area contributed by atoms with Gasteiger partial charge in [-0.1, -0.05) is 60.7 Å². The monoisotopic (exact) mass is 553 g/mol. The quantitative estimate of drug-likeness (QED) is 0.162. The number of ketones is 2. The van der Waals surface area contributed by atoms with Crippen molar-refractivity contribution in [1.29, 1.82) is 0 Å². The first-order valence-electron chi connectivity index (χ1n) is 8.15. The summed E-state index contributed by atoms with van der Waals surface area (Å²) in [7, 11) is -11.0. The van der Waals surface area contributed by atoms with Gasteiger partial charge in [0, 0.05) is 11.1 Å². The van der Waals surface area contributed by atoms with Gasteiger partial charge in [-0.25, -0.2) is 0 Å². The molecule has 33 heavy (non-hydrogen) atoms. The second-order valence-electron chi connectivity index (χ2n) is 5.81. The van der Waals surface area contributed by atoms with Crippen LogP contribution in [0, 0.1) is 0 Å². The molecule has 1 radical (unpaired) electrons. The number of halogens is 2. The molecule has 0 aliphatic heterocycles. The van der Waals surface area contributed by atoms with E-state index in [4.69, 9.17) is 0 Å². The van der Waals surface area contributed by atoms with Gasteiger partial charge in [0.15, 0.2) is 22.1 Å². The molecule has 0 N–H and O–H groups in total. The third kappa shape index (κ3) is 8.80. The first kappa shape index (κ1) is 30.0. The molecule has 0 aliphatic rings. The van der Waals surface area contributed by atoms with Gasteiger partial charge < -0.3 is 19.8 Å². The van der Waals surface area contributed by atoms with Crippen LogP contribution in [0.15, 0.2) is 60.7 Å². The molecule has 181 valence electrons. The molecule has 2 atom stereocenters. The summed E-state index contributed by atoms with van der Waals surface area (Å²) < 4.78 is 67.1. The summed E-state index contributed by atoms with van der Waals surface area (Å²) in [5, 5.41) is 15.2. The van der Waals surface area contributed by atoms with Crippen LogP contribution in [0.4, 0.5) is 7.77 Å². The summed E-state index contributed by atoms with van der Waals surface area (Å²) in [6, 6.07) is 13.4. The smallest absolute Gasteiger partial charge is 0.548 e. The Hall–Kier alpha value is -3.00. The Morgan fingerprint density at radius 1 is 0.606 bits per heavy atom. The van der Waals surface area contributed by atoms with Gasteiger partial charge >= 0.3 is 37.5 Å². The van der Waals surface area contributed by atoms with Crippen molar-refractivity contribution in [3.63, 3.8) is 0 Å². The van der Waals surface area contributed by atoms with Crippen molar-refractivity contribution >= 4 is 44.0 Å². The van der Waals surface area contributed by atoms with Gasteiger partial charge in [-0.15, -0.1) is 7.77 Å². The number of Topliss-reactive ketones (excluding diaryl/α,β-unsaturated/α-hetero) is 2. The molecule has 0 bridgehead atoms. The number of benzene rings is 2. The van der Waals surface area contributed by atoms with E-state index in [0.717, 1.165) is 0 Å². The molecule has 10 nitrogen and oxygen atoms in total. The maximum absolute atomic E-state index is 12.6. The van der Waals surface area contributed by atoms with E-state index < -0.39 is 54.5 Å². The summed E-state index contributed by atoms with van der Waals surface area (Å²) in [5.41, 5.74) is -0.421. The van der Waals surface area contributed by atoms with Gasteiger partial charge in [0.25, 0.3) is 0 Å². The summed E-state index contributed by atoms with van der Waals surface area (Å²) in [6.07, 6.45) is 0. The van der Waals surface area contributed by atoms with Crippen LogP contribution in [-0.4, -0.2) is 50.8 Å². The Labute approximate surface area is 197 Å². The van der Waals surface area contributed by atoms with E-state index >= 15 is 0 Å². The molecule has 0 heterocycles. The van der Waals surface area contributed by atoms with E-state index in [1.54, 1.807) is 0 Å². The Morgan fingerprint density at radius 3 is 1.03 bits per heavy atom. The van der Waals surface area contributed by atoms with Crippen molar-refractivity contribution in [2.75, 3.05) is 0 Å². The molecule has 15 heteroatoms. The van der Waals surface area contributed by atoms with Crippen LogP contribution >= 0.6 is 0 Å². The Morgan fingerprint density at radius 2 is 0.848 bits per heavy atom. The fourth-order valence-electron chi connectivity index (χ4n) is 2.21. The molecule has 2 aromatic rings. The molecule has 0 spiro atoms. The van der Waals surface area contributed by atoms with Crippen molar-refractivity contribution in [3.8, 4) is 0 Å². The maximum atomic E-state index is 12.6. The fourth-order valence-corrected chi connectivity index (χ4v) is 3.45. The first-order valence-corrected chi connectivity index (χ1v) is 11.0. The van der Waals surface area contributed by atoms with E-state index in [0.29, 0.717) is 0 Å². The Bertz CT molecular complexity index is 1120. The van der Waals surface area contributed by atoms with Gasteiger partial charge in [-0.05, 0) is 0 Å². The average molecular weight is 554 g/mol. The average Bonchev–Trinajstić information content (AvgIpc) is 2.67. The van der Waals surface area contributed by atoms with Crippen LogP contribution < -0.4 is 10.2 Å². The number of hydrogen-bond acceptors (Lipinski definition) is 10. The zero-order chi connectivity index (χ0) is 24.7. The summed E-state index contributed by atoms with van der Waals surface area (Å²) in [5.74, 6) is -7.28. The third-order valence-electron chi connectivity index (χ3n) is 3.58.